The Bertz CT molecular complexity index is 947. The van der Waals surface area contributed by atoms with Gasteiger partial charge in [0.25, 0.3) is 0 Å². The van der Waals surface area contributed by atoms with E-state index in [0.717, 1.165) is 16.8 Å². The van der Waals surface area contributed by atoms with Gasteiger partial charge in [-0.3, -0.25) is 4.79 Å². The maximum atomic E-state index is 12.3. The van der Waals surface area contributed by atoms with Crippen LogP contribution in [0.15, 0.2) is 47.4 Å². The third kappa shape index (κ3) is 4.16. The summed E-state index contributed by atoms with van der Waals surface area (Å²) in [5.41, 5.74) is 2.21. The Hall–Kier alpha value is -2.34. The number of amides is 1. The first-order valence-electron chi connectivity index (χ1n) is 9.08. The molecular weight excluding hydrogens is 362 g/mol. The van der Waals surface area contributed by atoms with Crippen LogP contribution in [-0.4, -0.2) is 26.7 Å². The molecule has 0 aliphatic carbocycles. The molecule has 1 N–H and O–H groups in total. The smallest absolute Gasteiger partial charge is 0.234 e. The molecule has 0 radical (unpaired) electrons. The van der Waals surface area contributed by atoms with E-state index in [1.54, 1.807) is 12.1 Å². The minimum atomic E-state index is -3.25. The van der Waals surface area contributed by atoms with Crippen molar-refractivity contribution in [3.8, 4) is 5.75 Å². The van der Waals surface area contributed by atoms with Crippen LogP contribution in [0, 0.1) is 6.92 Å². The van der Waals surface area contributed by atoms with Gasteiger partial charge in [0.05, 0.1) is 22.7 Å². The Morgan fingerprint density at radius 2 is 1.74 bits per heavy atom. The summed E-state index contributed by atoms with van der Waals surface area (Å²) >= 11 is 0. The van der Waals surface area contributed by atoms with Gasteiger partial charge in [-0.15, -0.1) is 0 Å². The van der Waals surface area contributed by atoms with Crippen LogP contribution in [0.25, 0.3) is 0 Å². The number of anilines is 1. The van der Waals surface area contributed by atoms with Gasteiger partial charge in [0.1, 0.15) is 5.75 Å². The van der Waals surface area contributed by atoms with Crippen LogP contribution in [0.4, 0.5) is 5.69 Å². The van der Waals surface area contributed by atoms with Gasteiger partial charge in [-0.1, -0.05) is 17.7 Å². The Morgan fingerprint density at radius 3 is 2.44 bits per heavy atom. The first-order chi connectivity index (χ1) is 12.7. The molecule has 0 atom stereocenters. The summed E-state index contributed by atoms with van der Waals surface area (Å²) in [5.74, 6) is 0.783. The van der Waals surface area contributed by atoms with Crippen LogP contribution in [-0.2, 0) is 20.0 Å². The molecular formula is C21H25NO4S. The average molecular weight is 388 g/mol. The minimum absolute atomic E-state index is 0.0176. The van der Waals surface area contributed by atoms with Gasteiger partial charge in [-0.05, 0) is 69.5 Å². The van der Waals surface area contributed by atoms with Crippen LogP contribution in [0.1, 0.15) is 37.8 Å². The zero-order valence-corrected chi connectivity index (χ0v) is 16.7. The number of ether oxygens (including phenoxy) is 1. The van der Waals surface area contributed by atoms with Gasteiger partial charge >= 0.3 is 0 Å². The number of sulfone groups is 1. The Kier molecular flexibility index (Phi) is 5.29. The third-order valence-corrected chi connectivity index (χ3v) is 6.75. The summed E-state index contributed by atoms with van der Waals surface area (Å²) < 4.78 is 30.4. The molecule has 1 heterocycles. The number of hydrogen-bond acceptors (Lipinski definition) is 4. The largest absolute Gasteiger partial charge is 0.494 e. The highest BCUT2D eigenvalue weighted by atomic mass is 32.2. The van der Waals surface area contributed by atoms with Crippen molar-refractivity contribution in [2.24, 2.45) is 0 Å². The van der Waals surface area contributed by atoms with Gasteiger partial charge in [0.2, 0.25) is 5.91 Å². The molecule has 1 aliphatic rings. The normalized spacial score (nSPS) is 15.3. The fourth-order valence-corrected chi connectivity index (χ4v) is 4.46. The summed E-state index contributed by atoms with van der Waals surface area (Å²) in [6.45, 7) is 6.13. The van der Waals surface area contributed by atoms with Crippen LogP contribution < -0.4 is 10.1 Å². The van der Waals surface area contributed by atoms with E-state index in [0.29, 0.717) is 30.1 Å². The van der Waals surface area contributed by atoms with Crippen molar-refractivity contribution in [1.82, 2.24) is 0 Å². The highest BCUT2D eigenvalue weighted by Gasteiger charge is 2.38. The summed E-state index contributed by atoms with van der Waals surface area (Å²) in [7, 11) is -3.25. The molecule has 2 aromatic rings. The van der Waals surface area contributed by atoms with Crippen LogP contribution in [0.3, 0.4) is 0 Å². The Balaban J connectivity index is 1.51. The summed E-state index contributed by atoms with van der Waals surface area (Å²) in [6.07, 6.45) is 1.18. The van der Waals surface area contributed by atoms with Crippen molar-refractivity contribution in [2.45, 2.75) is 43.9 Å². The molecule has 0 fully saturated rings. The van der Waals surface area contributed by atoms with E-state index in [4.69, 9.17) is 4.74 Å². The predicted octanol–water partition coefficient (Wildman–Crippen LogP) is 3.86. The molecule has 5 nitrogen and oxygen atoms in total. The van der Waals surface area contributed by atoms with E-state index in [2.05, 4.69) is 5.32 Å². The van der Waals surface area contributed by atoms with E-state index >= 15 is 0 Å². The second-order valence-electron chi connectivity index (χ2n) is 7.47. The number of carbonyl (C=O) groups is 1. The number of fused-ring (bicyclic) bond motifs is 1. The standard InChI is InChI=1S/C21H25NO4S/c1-15-6-9-17(10-7-15)27(24,25)13-5-4-12-26-16-8-11-19-18(14-16)21(2,3)20(23)22-19/h6-11,14H,4-5,12-13H2,1-3H3,(H,22,23). The van der Waals surface area contributed by atoms with Crippen molar-refractivity contribution >= 4 is 21.4 Å². The molecule has 144 valence electrons. The van der Waals surface area contributed by atoms with Gasteiger partial charge < -0.3 is 10.1 Å². The number of nitrogens with one attached hydrogen (secondary N) is 1. The molecule has 0 unspecified atom stereocenters. The molecule has 6 heteroatoms. The summed E-state index contributed by atoms with van der Waals surface area (Å²) in [4.78, 5) is 12.4. The molecule has 0 spiro atoms. The zero-order valence-electron chi connectivity index (χ0n) is 15.9. The van der Waals surface area contributed by atoms with Crippen LogP contribution in [0.2, 0.25) is 0 Å². The molecule has 1 aliphatic heterocycles. The summed E-state index contributed by atoms with van der Waals surface area (Å²) in [5, 5.41) is 2.87. The lowest BCUT2D eigenvalue weighted by molar-refractivity contribution is -0.119. The molecule has 2 aromatic carbocycles. The minimum Gasteiger partial charge on any atom is -0.494 e. The van der Waals surface area contributed by atoms with Crippen molar-refractivity contribution in [3.63, 3.8) is 0 Å². The quantitative estimate of drug-likeness (QED) is 0.732. The van der Waals surface area contributed by atoms with Crippen LogP contribution in [0.5, 0.6) is 5.75 Å². The SMILES string of the molecule is Cc1ccc(S(=O)(=O)CCCCOc2ccc3c(c2)C(C)(C)C(=O)N3)cc1. The molecule has 0 aromatic heterocycles. The topological polar surface area (TPSA) is 72.5 Å². The highest BCUT2D eigenvalue weighted by Crippen LogP contribution is 2.39. The van der Waals surface area contributed by atoms with Crippen LogP contribution >= 0.6 is 0 Å². The second-order valence-corrected chi connectivity index (χ2v) is 9.58. The second kappa shape index (κ2) is 7.35. The number of aryl methyl sites for hydroxylation is 1. The highest BCUT2D eigenvalue weighted by molar-refractivity contribution is 7.91. The lowest BCUT2D eigenvalue weighted by Crippen LogP contribution is -2.26. The fraction of sp³-hybridized carbons (Fsp3) is 0.381. The van der Waals surface area contributed by atoms with Gasteiger partial charge in [0.15, 0.2) is 9.84 Å². The van der Waals surface area contributed by atoms with Gasteiger partial charge in [-0.25, -0.2) is 8.42 Å². The molecule has 1 amide bonds. The van der Waals surface area contributed by atoms with Gasteiger partial charge in [-0.2, -0.15) is 0 Å². The third-order valence-electron chi connectivity index (χ3n) is 4.94. The lowest BCUT2D eigenvalue weighted by atomic mass is 9.86. The zero-order chi connectivity index (χ0) is 19.7. The van der Waals surface area contributed by atoms with E-state index in [9.17, 15) is 13.2 Å². The van der Waals surface area contributed by atoms with E-state index in [1.165, 1.54) is 0 Å². The van der Waals surface area contributed by atoms with Crippen molar-refractivity contribution in [2.75, 3.05) is 17.7 Å². The molecule has 0 saturated heterocycles. The van der Waals surface area contributed by atoms with Crippen molar-refractivity contribution in [1.29, 1.82) is 0 Å². The molecule has 0 saturated carbocycles. The van der Waals surface area contributed by atoms with Crippen molar-refractivity contribution in [3.05, 3.63) is 53.6 Å². The van der Waals surface area contributed by atoms with E-state index in [1.807, 2.05) is 51.1 Å². The van der Waals surface area contributed by atoms with E-state index in [-0.39, 0.29) is 11.7 Å². The molecule has 0 bridgehead atoms. The first-order valence-corrected chi connectivity index (χ1v) is 10.7. The number of carbonyl (C=O) groups excluding carboxylic acids is 1. The monoisotopic (exact) mass is 387 g/mol. The maximum absolute atomic E-state index is 12.3. The molecule has 27 heavy (non-hydrogen) atoms. The van der Waals surface area contributed by atoms with E-state index < -0.39 is 15.3 Å². The maximum Gasteiger partial charge on any atom is 0.234 e. The fourth-order valence-electron chi connectivity index (χ4n) is 3.09. The number of unbranched alkanes of at least 4 members (excludes halogenated alkanes) is 1. The Morgan fingerprint density at radius 1 is 1.04 bits per heavy atom. The Labute approximate surface area is 160 Å². The lowest BCUT2D eigenvalue weighted by Gasteiger charge is -2.16. The first kappa shape index (κ1) is 19.4. The van der Waals surface area contributed by atoms with Gasteiger partial charge in [0, 0.05) is 5.69 Å². The average Bonchev–Trinajstić information content (AvgIpc) is 2.84. The van der Waals surface area contributed by atoms with Crippen molar-refractivity contribution < 1.29 is 17.9 Å². The number of hydrogen-bond donors (Lipinski definition) is 1. The number of benzene rings is 2. The summed E-state index contributed by atoms with van der Waals surface area (Å²) in [6, 6.07) is 12.5. The number of rotatable bonds is 7. The predicted molar refractivity (Wildman–Crippen MR) is 106 cm³/mol. The molecule has 3 rings (SSSR count).